The SMILES string of the molecule is O=C(O)CC/C=C\CC[C@@H]1[C@@H](N2CCCCC2)[C@H](O)C[C@@H]1OCc1ccc(-c2ccccc2)cc1. The van der Waals surface area contributed by atoms with Gasteiger partial charge in [-0.3, -0.25) is 9.69 Å². The van der Waals surface area contributed by atoms with Crippen molar-refractivity contribution in [3.63, 3.8) is 0 Å². The Morgan fingerprint density at radius 1 is 0.943 bits per heavy atom. The lowest BCUT2D eigenvalue weighted by Crippen LogP contribution is -2.47. The lowest BCUT2D eigenvalue weighted by molar-refractivity contribution is -0.136. The summed E-state index contributed by atoms with van der Waals surface area (Å²) in [5, 5.41) is 19.9. The number of carboxylic acid groups (broad SMARTS) is 1. The van der Waals surface area contributed by atoms with Crippen molar-refractivity contribution in [2.24, 2.45) is 5.92 Å². The average Bonchev–Trinajstić information content (AvgIpc) is 3.20. The van der Waals surface area contributed by atoms with E-state index in [1.165, 1.54) is 30.4 Å². The molecule has 35 heavy (non-hydrogen) atoms. The first-order valence-electron chi connectivity index (χ1n) is 13.2. The first kappa shape index (κ1) is 25.6. The monoisotopic (exact) mass is 477 g/mol. The molecule has 0 spiro atoms. The minimum absolute atomic E-state index is 0.0261. The summed E-state index contributed by atoms with van der Waals surface area (Å²) in [6.45, 7) is 2.66. The topological polar surface area (TPSA) is 70.0 Å². The number of carboxylic acids is 1. The average molecular weight is 478 g/mol. The molecule has 2 aliphatic rings. The van der Waals surface area contributed by atoms with E-state index in [4.69, 9.17) is 9.84 Å². The number of piperidine rings is 1. The van der Waals surface area contributed by atoms with Crippen LogP contribution in [0, 0.1) is 5.92 Å². The third-order valence-corrected chi connectivity index (χ3v) is 7.48. The molecule has 0 unspecified atom stereocenters. The molecule has 0 radical (unpaired) electrons. The van der Waals surface area contributed by atoms with Gasteiger partial charge in [0.15, 0.2) is 0 Å². The van der Waals surface area contributed by atoms with Gasteiger partial charge in [-0.1, -0.05) is 73.2 Å². The second-order valence-electron chi connectivity index (χ2n) is 9.95. The van der Waals surface area contributed by atoms with Crippen LogP contribution in [0.15, 0.2) is 66.7 Å². The predicted molar refractivity (Wildman–Crippen MR) is 139 cm³/mol. The highest BCUT2D eigenvalue weighted by atomic mass is 16.5. The third-order valence-electron chi connectivity index (χ3n) is 7.48. The maximum absolute atomic E-state index is 11.0. The molecule has 0 amide bonds. The largest absolute Gasteiger partial charge is 0.481 e. The highest BCUT2D eigenvalue weighted by Gasteiger charge is 2.45. The highest BCUT2D eigenvalue weighted by Crippen LogP contribution is 2.38. The molecule has 1 saturated heterocycles. The van der Waals surface area contributed by atoms with Crippen molar-refractivity contribution in [1.29, 1.82) is 0 Å². The van der Waals surface area contributed by atoms with Gasteiger partial charge in [-0.2, -0.15) is 0 Å². The summed E-state index contributed by atoms with van der Waals surface area (Å²) in [7, 11) is 0. The van der Waals surface area contributed by atoms with Crippen molar-refractivity contribution in [1.82, 2.24) is 4.90 Å². The molecule has 188 valence electrons. The summed E-state index contributed by atoms with van der Waals surface area (Å²) in [5.74, 6) is -0.486. The number of aliphatic carboxylic acids is 1. The summed E-state index contributed by atoms with van der Waals surface area (Å²) in [5.41, 5.74) is 3.55. The zero-order valence-electron chi connectivity index (χ0n) is 20.6. The Bertz CT molecular complexity index is 937. The molecule has 2 fully saturated rings. The van der Waals surface area contributed by atoms with E-state index in [9.17, 15) is 9.90 Å². The first-order chi connectivity index (χ1) is 17.1. The van der Waals surface area contributed by atoms with Crippen LogP contribution in [0.3, 0.4) is 0 Å². The van der Waals surface area contributed by atoms with Gasteiger partial charge < -0.3 is 14.9 Å². The van der Waals surface area contributed by atoms with E-state index in [0.717, 1.165) is 31.5 Å². The Morgan fingerprint density at radius 2 is 1.63 bits per heavy atom. The Balaban J connectivity index is 1.37. The maximum Gasteiger partial charge on any atom is 0.303 e. The van der Waals surface area contributed by atoms with E-state index in [1.807, 2.05) is 12.1 Å². The molecule has 1 heterocycles. The molecular weight excluding hydrogens is 438 g/mol. The number of likely N-dealkylation sites (tertiary alicyclic amines) is 1. The number of benzene rings is 2. The van der Waals surface area contributed by atoms with Gasteiger partial charge in [0.25, 0.3) is 0 Å². The molecule has 4 atom stereocenters. The number of carbonyl (C=O) groups is 1. The summed E-state index contributed by atoms with van der Waals surface area (Å²) < 4.78 is 6.46. The van der Waals surface area contributed by atoms with Crippen LogP contribution in [-0.4, -0.2) is 52.4 Å². The molecule has 1 aliphatic heterocycles. The van der Waals surface area contributed by atoms with Crippen molar-refractivity contribution < 1.29 is 19.7 Å². The number of allylic oxidation sites excluding steroid dienone is 2. The summed E-state index contributed by atoms with van der Waals surface area (Å²) in [6.07, 6.45) is 10.6. The Hall–Kier alpha value is -2.47. The van der Waals surface area contributed by atoms with Crippen LogP contribution in [0.25, 0.3) is 11.1 Å². The quantitative estimate of drug-likeness (QED) is 0.408. The standard InChI is InChI=1S/C30H39NO4/c32-27-21-28(35-22-23-15-17-25(18-16-23)24-11-5-3-6-12-24)26(13-7-1-2-8-14-29(33)34)30(27)31-19-9-4-10-20-31/h1-3,5-6,11-12,15-18,26-28,30,32H,4,7-10,13-14,19-22H2,(H,33,34)/b2-1-/t26-,27+,28-,30+/m0/s1. The van der Waals surface area contributed by atoms with Crippen LogP contribution in [0.2, 0.25) is 0 Å². The van der Waals surface area contributed by atoms with E-state index in [2.05, 4.69) is 59.5 Å². The van der Waals surface area contributed by atoms with Gasteiger partial charge in [0.05, 0.1) is 18.8 Å². The molecule has 1 aliphatic carbocycles. The van der Waals surface area contributed by atoms with Crippen LogP contribution in [0.5, 0.6) is 0 Å². The Kier molecular flexibility index (Phi) is 9.52. The number of ether oxygens (including phenoxy) is 1. The van der Waals surface area contributed by atoms with Crippen molar-refractivity contribution in [3.8, 4) is 11.1 Å². The van der Waals surface area contributed by atoms with Crippen molar-refractivity contribution >= 4 is 5.97 Å². The van der Waals surface area contributed by atoms with Crippen molar-refractivity contribution in [3.05, 3.63) is 72.3 Å². The zero-order valence-corrected chi connectivity index (χ0v) is 20.6. The molecule has 0 aromatic heterocycles. The Labute approximate surface area is 209 Å². The fourth-order valence-corrected chi connectivity index (χ4v) is 5.69. The third kappa shape index (κ3) is 7.26. The number of hydrogen-bond donors (Lipinski definition) is 2. The van der Waals surface area contributed by atoms with Crippen LogP contribution in [0.1, 0.15) is 56.9 Å². The van der Waals surface area contributed by atoms with Crippen molar-refractivity contribution in [2.45, 2.75) is 76.2 Å². The fraction of sp³-hybridized carbons (Fsp3) is 0.500. The lowest BCUT2D eigenvalue weighted by Gasteiger charge is -2.38. The van der Waals surface area contributed by atoms with Crippen molar-refractivity contribution in [2.75, 3.05) is 13.1 Å². The van der Waals surface area contributed by atoms with E-state index >= 15 is 0 Å². The van der Waals surface area contributed by atoms with Gasteiger partial charge in [0.1, 0.15) is 0 Å². The molecule has 5 heteroatoms. The second kappa shape index (κ2) is 13.0. The maximum atomic E-state index is 11.0. The number of nitrogens with zero attached hydrogens (tertiary/aromatic N) is 1. The molecule has 1 saturated carbocycles. The molecule has 0 bridgehead atoms. The van der Waals surface area contributed by atoms with E-state index in [-0.39, 0.29) is 30.6 Å². The van der Waals surface area contributed by atoms with E-state index in [0.29, 0.717) is 19.4 Å². The van der Waals surface area contributed by atoms with Gasteiger partial charge in [-0.25, -0.2) is 0 Å². The minimum atomic E-state index is -0.760. The zero-order chi connectivity index (χ0) is 24.5. The second-order valence-corrected chi connectivity index (χ2v) is 9.95. The molecule has 5 nitrogen and oxygen atoms in total. The first-order valence-corrected chi connectivity index (χ1v) is 13.2. The van der Waals surface area contributed by atoms with Crippen LogP contribution >= 0.6 is 0 Å². The smallest absolute Gasteiger partial charge is 0.303 e. The summed E-state index contributed by atoms with van der Waals surface area (Å²) in [6, 6.07) is 19.1. The molecule has 2 aromatic carbocycles. The molecular formula is C30H39NO4. The predicted octanol–water partition coefficient (Wildman–Crippen LogP) is 5.68. The number of hydrogen-bond acceptors (Lipinski definition) is 4. The number of aliphatic hydroxyl groups is 1. The lowest BCUT2D eigenvalue weighted by atomic mass is 9.92. The van der Waals surface area contributed by atoms with Crippen LogP contribution in [0.4, 0.5) is 0 Å². The van der Waals surface area contributed by atoms with Crippen LogP contribution in [-0.2, 0) is 16.1 Å². The summed E-state index contributed by atoms with van der Waals surface area (Å²) in [4.78, 5) is 13.2. The Morgan fingerprint density at radius 3 is 2.34 bits per heavy atom. The van der Waals surface area contributed by atoms with Gasteiger partial charge in [-0.05, 0) is 61.9 Å². The highest BCUT2D eigenvalue weighted by molar-refractivity contribution is 5.66. The van der Waals surface area contributed by atoms with Gasteiger partial charge in [-0.15, -0.1) is 0 Å². The molecule has 4 rings (SSSR count). The fourth-order valence-electron chi connectivity index (χ4n) is 5.69. The van der Waals surface area contributed by atoms with E-state index in [1.54, 1.807) is 0 Å². The van der Waals surface area contributed by atoms with Gasteiger partial charge in [0, 0.05) is 24.8 Å². The van der Waals surface area contributed by atoms with E-state index < -0.39 is 5.97 Å². The van der Waals surface area contributed by atoms with Gasteiger partial charge in [0.2, 0.25) is 0 Å². The number of aliphatic hydroxyl groups excluding tert-OH is 1. The normalized spacial score (nSPS) is 25.3. The molecule has 2 N–H and O–H groups in total. The summed E-state index contributed by atoms with van der Waals surface area (Å²) >= 11 is 0. The van der Waals surface area contributed by atoms with Crippen LogP contribution < -0.4 is 0 Å². The molecule has 2 aromatic rings. The minimum Gasteiger partial charge on any atom is -0.481 e. The van der Waals surface area contributed by atoms with Gasteiger partial charge >= 0.3 is 5.97 Å². The number of rotatable bonds is 11.